The lowest BCUT2D eigenvalue weighted by atomic mass is 10.0. The first-order chi connectivity index (χ1) is 45.9. The van der Waals surface area contributed by atoms with Gasteiger partial charge >= 0.3 is 39.5 Å². The van der Waals surface area contributed by atoms with E-state index in [4.69, 9.17) is 37.0 Å². The highest BCUT2D eigenvalue weighted by Crippen LogP contribution is 2.45. The van der Waals surface area contributed by atoms with Gasteiger partial charge in [-0.1, -0.05) is 343 Å². The smallest absolute Gasteiger partial charge is 0.462 e. The second-order valence-electron chi connectivity index (χ2n) is 28.3. The molecule has 95 heavy (non-hydrogen) atoms. The van der Waals surface area contributed by atoms with Crippen LogP contribution < -0.4 is 0 Å². The molecule has 0 spiro atoms. The van der Waals surface area contributed by atoms with Gasteiger partial charge in [-0.05, 0) is 37.5 Å². The predicted molar refractivity (Wildman–Crippen MR) is 386 cm³/mol. The zero-order valence-electron chi connectivity index (χ0n) is 62.0. The third-order valence-electron chi connectivity index (χ3n) is 17.7. The van der Waals surface area contributed by atoms with E-state index in [1.54, 1.807) is 0 Å². The summed E-state index contributed by atoms with van der Waals surface area (Å²) in [6.45, 7) is 9.59. The van der Waals surface area contributed by atoms with Crippen LogP contribution in [0.5, 0.6) is 0 Å². The molecule has 17 nitrogen and oxygen atoms in total. The molecule has 0 aliphatic heterocycles. The quantitative estimate of drug-likeness (QED) is 0.0222. The Kier molecular flexibility index (Phi) is 66.5. The van der Waals surface area contributed by atoms with Crippen molar-refractivity contribution in [2.24, 2.45) is 11.8 Å². The molecule has 0 saturated carbocycles. The van der Waals surface area contributed by atoms with Crippen molar-refractivity contribution >= 4 is 39.5 Å². The maximum absolute atomic E-state index is 13.1. The van der Waals surface area contributed by atoms with Crippen molar-refractivity contribution in [2.75, 3.05) is 39.6 Å². The van der Waals surface area contributed by atoms with E-state index in [9.17, 15) is 43.2 Å². The lowest BCUT2D eigenvalue weighted by Gasteiger charge is -2.21. The largest absolute Gasteiger partial charge is 0.472 e. The van der Waals surface area contributed by atoms with Crippen LogP contribution in [0.1, 0.15) is 395 Å². The Morgan fingerprint density at radius 1 is 0.284 bits per heavy atom. The van der Waals surface area contributed by atoms with Crippen molar-refractivity contribution in [1.29, 1.82) is 0 Å². The van der Waals surface area contributed by atoms with Crippen molar-refractivity contribution in [3.63, 3.8) is 0 Å². The summed E-state index contributed by atoms with van der Waals surface area (Å²) >= 11 is 0. The Hall–Kier alpha value is -1.94. The molecule has 0 rings (SSSR count). The number of carbonyl (C=O) groups excluding carboxylic acids is 4. The first kappa shape index (κ1) is 93.1. The van der Waals surface area contributed by atoms with Crippen LogP contribution in [0.2, 0.25) is 0 Å². The summed E-state index contributed by atoms with van der Waals surface area (Å²) in [5, 5.41) is 10.6. The van der Waals surface area contributed by atoms with Gasteiger partial charge in [0.05, 0.1) is 26.4 Å². The molecule has 0 amide bonds. The van der Waals surface area contributed by atoms with Crippen molar-refractivity contribution in [3.05, 3.63) is 0 Å². The molecule has 0 aromatic carbocycles. The minimum atomic E-state index is -4.96. The van der Waals surface area contributed by atoms with E-state index in [0.29, 0.717) is 25.7 Å². The van der Waals surface area contributed by atoms with Crippen LogP contribution in [0.4, 0.5) is 0 Å². The van der Waals surface area contributed by atoms with Gasteiger partial charge in [-0.25, -0.2) is 9.13 Å². The van der Waals surface area contributed by atoms with Crippen LogP contribution in [0.25, 0.3) is 0 Å². The molecule has 0 aliphatic rings. The third-order valence-corrected chi connectivity index (χ3v) is 19.6. The number of phosphoric acid groups is 2. The number of esters is 4. The molecule has 3 N–H and O–H groups in total. The highest BCUT2D eigenvalue weighted by molar-refractivity contribution is 7.47. The normalized spacial score (nSPS) is 14.0. The molecule has 5 atom stereocenters. The number of phosphoric ester groups is 2. The second kappa shape index (κ2) is 67.9. The molecule has 0 aromatic rings. The van der Waals surface area contributed by atoms with Crippen LogP contribution >= 0.6 is 15.6 Å². The average molecular weight is 1400 g/mol. The SMILES string of the molecule is CCCCCCCCCCCCCCCCCC(=O)OC[C@H](COP(=O)(O)OC[C@@H](O)COP(=O)(O)OC[C@@H](COC(=O)CCCCCCCCCCC)OC(=O)CCCCCCCCCCCC(C)C)OC(=O)CCCCCCCCCCCCCCCCCCC(C)C. The van der Waals surface area contributed by atoms with E-state index in [0.717, 1.165) is 102 Å². The maximum atomic E-state index is 13.1. The first-order valence-corrected chi connectivity index (χ1v) is 42.5. The van der Waals surface area contributed by atoms with Gasteiger partial charge in [-0.15, -0.1) is 0 Å². The van der Waals surface area contributed by atoms with E-state index in [1.807, 2.05) is 0 Å². The molecule has 0 aromatic heterocycles. The summed E-state index contributed by atoms with van der Waals surface area (Å²) < 4.78 is 68.5. The number of carbonyl (C=O) groups is 4. The van der Waals surface area contributed by atoms with Gasteiger partial charge in [0.15, 0.2) is 12.2 Å². The Morgan fingerprint density at radius 2 is 0.484 bits per heavy atom. The molecule has 0 saturated heterocycles. The summed E-state index contributed by atoms with van der Waals surface area (Å²) in [7, 11) is -9.91. The van der Waals surface area contributed by atoms with E-state index in [1.165, 1.54) is 212 Å². The van der Waals surface area contributed by atoms with E-state index >= 15 is 0 Å². The molecular weight excluding hydrogens is 1250 g/mol. The third kappa shape index (κ3) is 70.3. The zero-order valence-corrected chi connectivity index (χ0v) is 63.8. The molecular formula is C76H148O17P2. The molecule has 0 heterocycles. The average Bonchev–Trinajstić information content (AvgIpc) is 1.88. The number of unbranched alkanes of at least 4 members (excludes halogenated alkanes) is 45. The predicted octanol–water partition coefficient (Wildman–Crippen LogP) is 22.3. The van der Waals surface area contributed by atoms with E-state index in [-0.39, 0.29) is 25.7 Å². The van der Waals surface area contributed by atoms with Gasteiger partial charge in [0.2, 0.25) is 0 Å². The Balaban J connectivity index is 5.22. The molecule has 2 unspecified atom stereocenters. The number of ether oxygens (including phenoxy) is 4. The van der Waals surface area contributed by atoms with Crippen molar-refractivity contribution in [3.8, 4) is 0 Å². The van der Waals surface area contributed by atoms with Gasteiger partial charge < -0.3 is 33.8 Å². The van der Waals surface area contributed by atoms with Gasteiger partial charge in [0.25, 0.3) is 0 Å². The Labute approximate surface area is 581 Å². The lowest BCUT2D eigenvalue weighted by molar-refractivity contribution is -0.161. The van der Waals surface area contributed by atoms with Crippen LogP contribution in [-0.2, 0) is 65.4 Å². The lowest BCUT2D eigenvalue weighted by Crippen LogP contribution is -2.30. The summed E-state index contributed by atoms with van der Waals surface area (Å²) in [5.74, 6) is -0.570. The first-order valence-electron chi connectivity index (χ1n) is 39.5. The van der Waals surface area contributed by atoms with Crippen molar-refractivity contribution in [2.45, 2.75) is 413 Å². The fourth-order valence-electron chi connectivity index (χ4n) is 11.7. The van der Waals surface area contributed by atoms with Crippen LogP contribution in [0.15, 0.2) is 0 Å². The Bertz CT molecular complexity index is 1840. The monoisotopic (exact) mass is 1400 g/mol. The number of aliphatic hydroxyl groups is 1. The topological polar surface area (TPSA) is 237 Å². The van der Waals surface area contributed by atoms with Crippen molar-refractivity contribution in [1.82, 2.24) is 0 Å². The summed E-state index contributed by atoms with van der Waals surface area (Å²) in [6.07, 6.45) is 55.5. The summed E-state index contributed by atoms with van der Waals surface area (Å²) in [5.41, 5.74) is 0. The summed E-state index contributed by atoms with van der Waals surface area (Å²) in [4.78, 5) is 72.8. The fourth-order valence-corrected chi connectivity index (χ4v) is 13.2. The number of aliphatic hydroxyl groups excluding tert-OH is 1. The molecule has 564 valence electrons. The standard InChI is InChI=1S/C76H148O17P2/c1-7-9-11-13-15-17-18-19-22-26-29-35-41-47-53-59-74(79)87-65-72(92-75(80)60-54-48-42-36-30-27-24-21-20-23-25-28-33-38-44-50-56-68(3)4)67-91-95(84,85)89-63-70(77)62-88-94(82,83)90-66-71(64-86-73(78)58-52-46-40-32-16-14-12-10-8-2)93-76(81)61-55-49-43-37-31-34-39-45-51-57-69(5)6/h68-72,77H,7-67H2,1-6H3,(H,82,83)(H,84,85)/t70-,71+,72+/m0/s1. The number of rotatable bonds is 75. The molecule has 0 bridgehead atoms. The van der Waals surface area contributed by atoms with Gasteiger partial charge in [0, 0.05) is 25.7 Å². The highest BCUT2D eigenvalue weighted by Gasteiger charge is 2.30. The Morgan fingerprint density at radius 3 is 0.716 bits per heavy atom. The molecule has 19 heteroatoms. The maximum Gasteiger partial charge on any atom is 0.472 e. The van der Waals surface area contributed by atoms with Crippen LogP contribution in [-0.4, -0.2) is 96.7 Å². The van der Waals surface area contributed by atoms with E-state index < -0.39 is 97.5 Å². The van der Waals surface area contributed by atoms with Crippen LogP contribution in [0.3, 0.4) is 0 Å². The number of hydrogen-bond donors (Lipinski definition) is 3. The van der Waals surface area contributed by atoms with Crippen LogP contribution in [0, 0.1) is 11.8 Å². The highest BCUT2D eigenvalue weighted by atomic mass is 31.2. The van der Waals surface area contributed by atoms with E-state index in [2.05, 4.69) is 41.5 Å². The fraction of sp³-hybridized carbons (Fsp3) is 0.947. The van der Waals surface area contributed by atoms with Gasteiger partial charge in [0.1, 0.15) is 19.3 Å². The zero-order chi connectivity index (χ0) is 70.0. The van der Waals surface area contributed by atoms with Crippen molar-refractivity contribution < 1.29 is 80.2 Å². The van der Waals surface area contributed by atoms with Gasteiger partial charge in [-0.2, -0.15) is 0 Å². The number of hydrogen-bond acceptors (Lipinski definition) is 15. The minimum Gasteiger partial charge on any atom is -0.462 e. The minimum absolute atomic E-state index is 0.105. The molecule has 0 radical (unpaired) electrons. The van der Waals surface area contributed by atoms with Gasteiger partial charge in [-0.3, -0.25) is 37.3 Å². The second-order valence-corrected chi connectivity index (χ2v) is 31.3. The molecule has 0 aliphatic carbocycles. The molecule has 0 fully saturated rings. The summed E-state index contributed by atoms with van der Waals surface area (Å²) in [6, 6.07) is 0.